The number of hydrogen-bond acceptors (Lipinski definition) is 7. The number of fused-ring (bicyclic) bond motifs is 1. The number of amides is 4. The van der Waals surface area contributed by atoms with E-state index in [0.29, 0.717) is 36.7 Å². The van der Waals surface area contributed by atoms with Crippen molar-refractivity contribution in [3.05, 3.63) is 23.8 Å². The van der Waals surface area contributed by atoms with Crippen molar-refractivity contribution in [3.63, 3.8) is 0 Å². The number of ether oxygens (including phenoxy) is 2. The Bertz CT molecular complexity index is 1020. The topological polar surface area (TPSA) is 122 Å². The average Bonchev–Trinajstić information content (AvgIpc) is 3.19. The summed E-state index contributed by atoms with van der Waals surface area (Å²) in [4.78, 5) is 40.4. The van der Waals surface area contributed by atoms with Crippen LogP contribution in [0.2, 0.25) is 0 Å². The number of carbonyl (C=O) groups is 3. The largest absolute Gasteiger partial charge is 0.486 e. The second kappa shape index (κ2) is 7.15. The molecule has 0 aliphatic carbocycles. The highest BCUT2D eigenvalue weighted by molar-refractivity contribution is 7.91. The van der Waals surface area contributed by atoms with Crippen LogP contribution in [0.1, 0.15) is 18.9 Å². The first kappa shape index (κ1) is 20.5. The van der Waals surface area contributed by atoms with Gasteiger partial charge in [-0.1, -0.05) is 6.07 Å². The summed E-state index contributed by atoms with van der Waals surface area (Å²) in [5.41, 5.74) is -0.849. The molecule has 3 heterocycles. The van der Waals surface area contributed by atoms with Gasteiger partial charge in [0.2, 0.25) is 5.91 Å². The van der Waals surface area contributed by atoms with Crippen molar-refractivity contribution in [2.75, 3.05) is 38.3 Å². The van der Waals surface area contributed by atoms with Gasteiger partial charge in [-0.05, 0) is 31.0 Å². The van der Waals surface area contributed by atoms with Gasteiger partial charge >= 0.3 is 6.03 Å². The van der Waals surface area contributed by atoms with Crippen LogP contribution in [-0.2, 0) is 25.0 Å². The van der Waals surface area contributed by atoms with Gasteiger partial charge in [-0.2, -0.15) is 0 Å². The maximum absolute atomic E-state index is 13.1. The Kier molecular flexibility index (Phi) is 4.88. The van der Waals surface area contributed by atoms with Gasteiger partial charge in [-0.25, -0.2) is 13.2 Å². The Balaban J connectivity index is 1.50. The number of rotatable bonds is 4. The Labute approximate surface area is 174 Å². The number of carbonyl (C=O) groups excluding carboxylic acids is 3. The van der Waals surface area contributed by atoms with E-state index < -0.39 is 45.8 Å². The number of urea groups is 1. The summed E-state index contributed by atoms with van der Waals surface area (Å²) in [6.07, 6.45) is 0.347. The van der Waals surface area contributed by atoms with Gasteiger partial charge in [0, 0.05) is 13.1 Å². The maximum atomic E-state index is 13.1. The van der Waals surface area contributed by atoms with Gasteiger partial charge < -0.3 is 19.7 Å². The molecular formula is C19H23N3O7S. The van der Waals surface area contributed by atoms with E-state index in [1.807, 2.05) is 0 Å². The van der Waals surface area contributed by atoms with E-state index >= 15 is 0 Å². The Morgan fingerprint density at radius 2 is 1.97 bits per heavy atom. The van der Waals surface area contributed by atoms with Crippen LogP contribution in [0.5, 0.6) is 11.5 Å². The minimum absolute atomic E-state index is 0.0284. The third-order valence-electron chi connectivity index (χ3n) is 5.84. The lowest BCUT2D eigenvalue weighted by atomic mass is 9.91. The summed E-state index contributed by atoms with van der Waals surface area (Å²) in [6.45, 7) is 1.93. The fourth-order valence-electron chi connectivity index (χ4n) is 3.92. The van der Waals surface area contributed by atoms with Crippen molar-refractivity contribution in [3.8, 4) is 11.5 Å². The summed E-state index contributed by atoms with van der Waals surface area (Å²) in [5.74, 6) is -0.0912. The minimum Gasteiger partial charge on any atom is -0.486 e. The standard InChI is InChI=1S/C19H23N3O7S/c1-19(12-3-4-14-15(9-12)29-7-6-28-14)17(24)22(18(25)20-19)10-16(23)21(2)13-5-8-30(26,27)11-13/h3-4,9,13H,5-8,10-11H2,1-2H3,(H,20,25)/t13-,19+/m1/s1. The molecule has 1 N–H and O–H groups in total. The Morgan fingerprint density at radius 3 is 2.63 bits per heavy atom. The molecule has 30 heavy (non-hydrogen) atoms. The van der Waals surface area contributed by atoms with E-state index in [1.165, 1.54) is 11.9 Å². The molecule has 1 aromatic rings. The van der Waals surface area contributed by atoms with Crippen LogP contribution >= 0.6 is 0 Å². The highest BCUT2D eigenvalue weighted by Gasteiger charge is 2.50. The molecule has 0 bridgehead atoms. The SMILES string of the molecule is CN(C(=O)CN1C(=O)N[C@@](C)(c2ccc3c(c2)OCCO3)C1=O)[C@@H]1CCS(=O)(=O)C1. The summed E-state index contributed by atoms with van der Waals surface area (Å²) < 4.78 is 34.4. The monoisotopic (exact) mass is 437 g/mol. The number of benzene rings is 1. The number of nitrogens with zero attached hydrogens (tertiary/aromatic N) is 2. The highest BCUT2D eigenvalue weighted by atomic mass is 32.2. The molecule has 0 spiro atoms. The van der Waals surface area contributed by atoms with Gasteiger partial charge in [0.05, 0.1) is 11.5 Å². The second-order valence-corrected chi connectivity index (χ2v) is 10.1. The van der Waals surface area contributed by atoms with Crippen LogP contribution in [0.25, 0.3) is 0 Å². The molecule has 0 saturated carbocycles. The van der Waals surface area contributed by atoms with Gasteiger partial charge in [0.15, 0.2) is 21.3 Å². The van der Waals surface area contributed by atoms with Crippen LogP contribution in [0.4, 0.5) is 4.79 Å². The first-order valence-electron chi connectivity index (χ1n) is 9.61. The van der Waals surface area contributed by atoms with Crippen LogP contribution < -0.4 is 14.8 Å². The van der Waals surface area contributed by atoms with Crippen LogP contribution in [0.3, 0.4) is 0 Å². The van der Waals surface area contributed by atoms with Crippen molar-refractivity contribution in [2.24, 2.45) is 0 Å². The van der Waals surface area contributed by atoms with E-state index in [4.69, 9.17) is 9.47 Å². The van der Waals surface area contributed by atoms with E-state index in [1.54, 1.807) is 25.1 Å². The van der Waals surface area contributed by atoms with Crippen LogP contribution in [0.15, 0.2) is 18.2 Å². The first-order valence-corrected chi connectivity index (χ1v) is 11.4. The molecular weight excluding hydrogens is 414 g/mol. The second-order valence-electron chi connectivity index (χ2n) is 7.87. The number of nitrogens with one attached hydrogen (secondary N) is 1. The number of likely N-dealkylation sites (N-methyl/N-ethyl adjacent to an activating group) is 1. The molecule has 0 aromatic heterocycles. The fourth-order valence-corrected chi connectivity index (χ4v) is 5.70. The molecule has 162 valence electrons. The van der Waals surface area contributed by atoms with E-state index in [9.17, 15) is 22.8 Å². The molecule has 3 aliphatic heterocycles. The van der Waals surface area contributed by atoms with Crippen molar-refractivity contribution in [1.29, 1.82) is 0 Å². The quantitative estimate of drug-likeness (QED) is 0.651. The number of sulfone groups is 1. The molecule has 2 fully saturated rings. The van der Waals surface area contributed by atoms with Gasteiger partial charge in [0.25, 0.3) is 5.91 Å². The van der Waals surface area contributed by atoms with Gasteiger partial charge in [-0.15, -0.1) is 0 Å². The zero-order valence-corrected chi connectivity index (χ0v) is 17.5. The molecule has 1 aromatic carbocycles. The predicted octanol–water partition coefficient (Wildman–Crippen LogP) is -0.130. The Morgan fingerprint density at radius 1 is 1.27 bits per heavy atom. The molecule has 4 amide bonds. The number of hydrogen-bond donors (Lipinski definition) is 1. The summed E-state index contributed by atoms with van der Waals surface area (Å²) in [5, 5.41) is 2.65. The van der Waals surface area contributed by atoms with Gasteiger partial charge in [-0.3, -0.25) is 14.5 Å². The third kappa shape index (κ3) is 3.47. The van der Waals surface area contributed by atoms with Crippen LogP contribution in [-0.4, -0.2) is 80.4 Å². The lowest BCUT2D eigenvalue weighted by Crippen LogP contribution is -2.46. The van der Waals surface area contributed by atoms with Crippen LogP contribution in [0, 0.1) is 0 Å². The zero-order chi connectivity index (χ0) is 21.7. The number of imide groups is 1. The fraction of sp³-hybridized carbons (Fsp3) is 0.526. The lowest BCUT2D eigenvalue weighted by molar-refractivity contribution is -0.139. The normalized spacial score (nSPS) is 27.1. The molecule has 3 aliphatic rings. The minimum atomic E-state index is -3.16. The zero-order valence-electron chi connectivity index (χ0n) is 16.7. The molecule has 2 atom stereocenters. The smallest absolute Gasteiger partial charge is 0.325 e. The summed E-state index contributed by atoms with van der Waals surface area (Å²) in [7, 11) is -1.67. The van der Waals surface area contributed by atoms with Gasteiger partial charge in [0.1, 0.15) is 25.3 Å². The van der Waals surface area contributed by atoms with E-state index in [-0.39, 0.29) is 11.5 Å². The van der Waals surface area contributed by atoms with E-state index in [2.05, 4.69) is 5.32 Å². The average molecular weight is 437 g/mol. The molecule has 11 heteroatoms. The van der Waals surface area contributed by atoms with Crippen molar-refractivity contribution in [1.82, 2.24) is 15.1 Å². The molecule has 10 nitrogen and oxygen atoms in total. The van der Waals surface area contributed by atoms with Crippen molar-refractivity contribution in [2.45, 2.75) is 24.9 Å². The Hall–Kier alpha value is -2.82. The molecule has 4 rings (SSSR count). The molecule has 2 saturated heterocycles. The van der Waals surface area contributed by atoms with Crippen molar-refractivity contribution < 1.29 is 32.3 Å². The maximum Gasteiger partial charge on any atom is 0.325 e. The summed E-state index contributed by atoms with van der Waals surface area (Å²) >= 11 is 0. The molecule has 0 radical (unpaired) electrons. The predicted molar refractivity (Wildman–Crippen MR) is 105 cm³/mol. The first-order chi connectivity index (χ1) is 14.1. The summed E-state index contributed by atoms with van der Waals surface area (Å²) in [6, 6.07) is 3.86. The van der Waals surface area contributed by atoms with Crippen molar-refractivity contribution >= 4 is 27.7 Å². The third-order valence-corrected chi connectivity index (χ3v) is 7.59. The molecule has 0 unspecified atom stereocenters. The lowest BCUT2D eigenvalue weighted by Gasteiger charge is -2.26. The highest BCUT2D eigenvalue weighted by Crippen LogP contribution is 2.36. The van der Waals surface area contributed by atoms with E-state index in [0.717, 1.165) is 4.90 Å².